The second kappa shape index (κ2) is 10.0. The van der Waals surface area contributed by atoms with E-state index in [1.54, 1.807) is 12.1 Å². The van der Waals surface area contributed by atoms with E-state index < -0.39 is 0 Å². The highest BCUT2D eigenvalue weighted by Crippen LogP contribution is 2.30. The van der Waals surface area contributed by atoms with Gasteiger partial charge in [0.15, 0.2) is 5.76 Å². The zero-order valence-electron chi connectivity index (χ0n) is 20.2. The van der Waals surface area contributed by atoms with Gasteiger partial charge in [0.1, 0.15) is 24.2 Å². The van der Waals surface area contributed by atoms with Gasteiger partial charge in [-0.05, 0) is 50.2 Å². The molecule has 2 aromatic heterocycles. The minimum atomic E-state index is 0.00749. The monoisotopic (exact) mass is 482 g/mol. The number of nitrogens with zero attached hydrogens (tertiary/aromatic N) is 4. The summed E-state index contributed by atoms with van der Waals surface area (Å²) in [5, 5.41) is 9.64. The number of rotatable bonds is 6. The third kappa shape index (κ3) is 4.96. The molecule has 0 unspecified atom stereocenters. The largest absolute Gasteiger partial charge is 0.486 e. The summed E-state index contributed by atoms with van der Waals surface area (Å²) in [6.07, 6.45) is 0. The number of anilines is 1. The molecule has 5 rings (SSSR count). The first-order valence-electron chi connectivity index (χ1n) is 11.8. The molecule has 3 heterocycles. The molecule has 1 amide bonds. The smallest absolute Gasteiger partial charge is 0.266 e. The molecule has 0 aliphatic carbocycles. The zero-order chi connectivity index (χ0) is 25.1. The molecule has 0 N–H and O–H groups in total. The first-order valence-corrected chi connectivity index (χ1v) is 11.8. The van der Waals surface area contributed by atoms with Crippen molar-refractivity contribution in [3.05, 3.63) is 88.8 Å². The molecule has 0 spiro atoms. The second-order valence-corrected chi connectivity index (χ2v) is 8.80. The predicted molar refractivity (Wildman–Crippen MR) is 134 cm³/mol. The summed E-state index contributed by atoms with van der Waals surface area (Å²) < 4.78 is 17.6. The molecule has 1 fully saturated rings. The summed E-state index contributed by atoms with van der Waals surface area (Å²) in [6.45, 7) is 6.37. The Morgan fingerprint density at radius 2 is 1.78 bits per heavy atom. The molecular weight excluding hydrogens is 456 g/mol. The van der Waals surface area contributed by atoms with Crippen LogP contribution in [0.2, 0.25) is 0 Å². The van der Waals surface area contributed by atoms with E-state index in [-0.39, 0.29) is 24.1 Å². The van der Waals surface area contributed by atoms with Crippen molar-refractivity contribution < 1.29 is 18.4 Å². The highest BCUT2D eigenvalue weighted by molar-refractivity contribution is 5.94. The molecule has 8 nitrogen and oxygen atoms in total. The minimum Gasteiger partial charge on any atom is -0.486 e. The highest BCUT2D eigenvalue weighted by Gasteiger charge is 2.27. The number of ether oxygens (including phenoxy) is 1. The van der Waals surface area contributed by atoms with Crippen molar-refractivity contribution in [2.24, 2.45) is 0 Å². The van der Waals surface area contributed by atoms with Crippen LogP contribution in [0.15, 0.2) is 69.5 Å². The molecule has 0 bridgehead atoms. The number of furan rings is 1. The molecule has 0 radical (unpaired) electrons. The number of oxazole rings is 1. The molecule has 1 aliphatic heterocycles. The molecule has 2 aromatic carbocycles. The standard InChI is InChI=1S/C28H26N4O4/c1-19-6-8-22(9-7-19)34-18-23-10-11-25(35-23)26-30-24(17-29)28(36-26)32-14-12-31(13-15-32)27(33)21-5-3-4-20(2)16-21/h3-11,16H,12-15,18H2,1-2H3. The van der Waals surface area contributed by atoms with Crippen LogP contribution in [0.25, 0.3) is 11.7 Å². The normalized spacial score (nSPS) is 13.5. The van der Waals surface area contributed by atoms with Gasteiger partial charge in [-0.1, -0.05) is 35.4 Å². The van der Waals surface area contributed by atoms with E-state index in [0.29, 0.717) is 49.1 Å². The average molecular weight is 483 g/mol. The van der Waals surface area contributed by atoms with Crippen molar-refractivity contribution in [3.63, 3.8) is 0 Å². The van der Waals surface area contributed by atoms with Crippen molar-refractivity contribution in [1.82, 2.24) is 9.88 Å². The minimum absolute atomic E-state index is 0.00749. The van der Waals surface area contributed by atoms with E-state index >= 15 is 0 Å². The molecule has 0 atom stereocenters. The molecular formula is C28H26N4O4. The van der Waals surface area contributed by atoms with Crippen LogP contribution in [0.3, 0.4) is 0 Å². The number of carbonyl (C=O) groups is 1. The first-order chi connectivity index (χ1) is 17.5. The zero-order valence-corrected chi connectivity index (χ0v) is 20.2. The van der Waals surface area contributed by atoms with E-state index in [2.05, 4.69) is 11.1 Å². The van der Waals surface area contributed by atoms with Crippen LogP contribution in [-0.2, 0) is 6.61 Å². The SMILES string of the molecule is Cc1ccc(OCc2ccc(-c3nc(C#N)c(N4CCN(C(=O)c5cccc(C)c5)CC4)o3)o2)cc1. The van der Waals surface area contributed by atoms with Crippen LogP contribution in [0.4, 0.5) is 5.88 Å². The summed E-state index contributed by atoms with van der Waals surface area (Å²) in [5.41, 5.74) is 3.09. The van der Waals surface area contributed by atoms with Crippen molar-refractivity contribution in [1.29, 1.82) is 5.26 Å². The fourth-order valence-electron chi connectivity index (χ4n) is 4.14. The van der Waals surface area contributed by atoms with Crippen molar-refractivity contribution in [3.8, 4) is 23.5 Å². The maximum Gasteiger partial charge on any atom is 0.266 e. The number of carbonyl (C=O) groups excluding carboxylic acids is 1. The van der Waals surface area contributed by atoms with Gasteiger partial charge in [0, 0.05) is 31.7 Å². The summed E-state index contributed by atoms with van der Waals surface area (Å²) in [7, 11) is 0. The van der Waals surface area contributed by atoms with E-state index in [0.717, 1.165) is 16.9 Å². The Morgan fingerprint density at radius 1 is 1.00 bits per heavy atom. The van der Waals surface area contributed by atoms with Gasteiger partial charge in [-0.2, -0.15) is 10.2 Å². The Hall–Kier alpha value is -4.51. The maximum absolute atomic E-state index is 12.9. The molecule has 0 saturated carbocycles. The number of hydrogen-bond acceptors (Lipinski definition) is 7. The Labute approximate surface area is 209 Å². The molecule has 8 heteroatoms. The average Bonchev–Trinajstić information content (AvgIpc) is 3.55. The van der Waals surface area contributed by atoms with Gasteiger partial charge in [-0.15, -0.1) is 0 Å². The van der Waals surface area contributed by atoms with Crippen LogP contribution in [0, 0.1) is 25.2 Å². The quantitative estimate of drug-likeness (QED) is 0.383. The van der Waals surface area contributed by atoms with E-state index in [1.165, 1.54) is 0 Å². The topological polar surface area (TPSA) is 95.7 Å². The fourth-order valence-corrected chi connectivity index (χ4v) is 4.14. The van der Waals surface area contributed by atoms with E-state index in [9.17, 15) is 10.1 Å². The van der Waals surface area contributed by atoms with Gasteiger partial charge in [0.25, 0.3) is 11.8 Å². The van der Waals surface area contributed by atoms with Crippen LogP contribution >= 0.6 is 0 Å². The van der Waals surface area contributed by atoms with Crippen molar-refractivity contribution in [2.75, 3.05) is 31.1 Å². The lowest BCUT2D eigenvalue weighted by molar-refractivity contribution is 0.0745. The Kier molecular flexibility index (Phi) is 6.46. The summed E-state index contributed by atoms with van der Waals surface area (Å²) in [4.78, 5) is 21.0. The number of piperazine rings is 1. The Bertz CT molecular complexity index is 1410. The Balaban J connectivity index is 1.24. The second-order valence-electron chi connectivity index (χ2n) is 8.80. The van der Waals surface area contributed by atoms with E-state index in [1.807, 2.05) is 72.2 Å². The van der Waals surface area contributed by atoms with Crippen molar-refractivity contribution in [2.45, 2.75) is 20.5 Å². The number of nitriles is 1. The molecule has 1 saturated heterocycles. The van der Waals surface area contributed by atoms with Gasteiger partial charge >= 0.3 is 0 Å². The number of amides is 1. The van der Waals surface area contributed by atoms with Gasteiger partial charge in [-0.3, -0.25) is 4.79 Å². The lowest BCUT2D eigenvalue weighted by Gasteiger charge is -2.34. The van der Waals surface area contributed by atoms with Gasteiger partial charge < -0.3 is 23.4 Å². The highest BCUT2D eigenvalue weighted by atomic mass is 16.5. The third-order valence-corrected chi connectivity index (χ3v) is 6.11. The predicted octanol–water partition coefficient (Wildman–Crippen LogP) is 4.96. The molecule has 36 heavy (non-hydrogen) atoms. The fraction of sp³-hybridized carbons (Fsp3) is 0.250. The van der Waals surface area contributed by atoms with Crippen LogP contribution in [0.1, 0.15) is 32.9 Å². The van der Waals surface area contributed by atoms with Gasteiger partial charge in [0.05, 0.1) is 0 Å². The third-order valence-electron chi connectivity index (χ3n) is 6.11. The van der Waals surface area contributed by atoms with Crippen LogP contribution in [-0.4, -0.2) is 42.0 Å². The Morgan fingerprint density at radius 3 is 2.50 bits per heavy atom. The summed E-state index contributed by atoms with van der Waals surface area (Å²) in [5.74, 6) is 2.43. The molecule has 182 valence electrons. The number of benzene rings is 2. The number of hydrogen-bond donors (Lipinski definition) is 0. The number of aryl methyl sites for hydroxylation is 2. The van der Waals surface area contributed by atoms with Crippen LogP contribution in [0.5, 0.6) is 5.75 Å². The molecule has 1 aliphatic rings. The summed E-state index contributed by atoms with van der Waals surface area (Å²) in [6, 6.07) is 21.1. The van der Waals surface area contributed by atoms with Gasteiger partial charge in [0.2, 0.25) is 11.6 Å². The molecule has 4 aromatic rings. The van der Waals surface area contributed by atoms with Crippen LogP contribution < -0.4 is 9.64 Å². The van der Waals surface area contributed by atoms with Gasteiger partial charge in [-0.25, -0.2) is 0 Å². The van der Waals surface area contributed by atoms with E-state index in [4.69, 9.17) is 13.6 Å². The first kappa shape index (κ1) is 23.2. The van der Waals surface area contributed by atoms with Crippen molar-refractivity contribution >= 4 is 11.8 Å². The maximum atomic E-state index is 12.9. The summed E-state index contributed by atoms with van der Waals surface area (Å²) >= 11 is 0. The lowest BCUT2D eigenvalue weighted by atomic mass is 10.1. The lowest BCUT2D eigenvalue weighted by Crippen LogP contribution is -2.48. The number of aromatic nitrogens is 1.